The van der Waals surface area contributed by atoms with E-state index in [4.69, 9.17) is 10.5 Å². The molecule has 2 fully saturated rings. The van der Waals surface area contributed by atoms with Gasteiger partial charge in [0.1, 0.15) is 5.56 Å². The van der Waals surface area contributed by atoms with Crippen molar-refractivity contribution in [3.63, 3.8) is 0 Å². The summed E-state index contributed by atoms with van der Waals surface area (Å²) < 4.78 is 22.6. The molecule has 0 radical (unpaired) electrons. The first-order chi connectivity index (χ1) is 14.3. The van der Waals surface area contributed by atoms with Crippen LogP contribution in [-0.2, 0) is 4.74 Å². The summed E-state index contributed by atoms with van der Waals surface area (Å²) in [6, 6.07) is 0.179. The molecule has 1 aliphatic carbocycles. The molecule has 2 N–H and O–H groups in total. The third kappa shape index (κ3) is 3.15. The van der Waals surface area contributed by atoms with Crippen LogP contribution >= 0.6 is 0 Å². The van der Waals surface area contributed by atoms with Crippen LogP contribution in [0.3, 0.4) is 0 Å². The normalized spacial score (nSPS) is 21.4. The summed E-state index contributed by atoms with van der Waals surface area (Å²) >= 11 is 0. The van der Waals surface area contributed by atoms with Crippen molar-refractivity contribution < 1.29 is 13.9 Å². The standard InChI is InChI=1S/C23H30FN3O3/c1-5-14-10-26(9-12(14)3)21-13(4)20-17(19(25)18(21)24)22(28)16(23(29)30-6-2)11-27(20)15-7-8-15/h11-12,14-15H,5-10,25H2,1-4H3/t12-,14-/m0/s1. The van der Waals surface area contributed by atoms with E-state index in [-0.39, 0.29) is 29.3 Å². The lowest BCUT2D eigenvalue weighted by atomic mass is 9.96. The highest BCUT2D eigenvalue weighted by Crippen LogP contribution is 2.43. The number of ether oxygens (including phenoxy) is 1. The molecule has 1 aliphatic heterocycles. The van der Waals surface area contributed by atoms with E-state index < -0.39 is 17.2 Å². The van der Waals surface area contributed by atoms with Crippen LogP contribution in [0.1, 0.15) is 62.0 Å². The van der Waals surface area contributed by atoms with Gasteiger partial charge in [0.15, 0.2) is 5.82 Å². The second kappa shape index (κ2) is 7.60. The molecule has 1 saturated heterocycles. The molecule has 30 heavy (non-hydrogen) atoms. The van der Waals surface area contributed by atoms with Crippen LogP contribution in [0.2, 0.25) is 0 Å². The van der Waals surface area contributed by atoms with Gasteiger partial charge in [-0.15, -0.1) is 0 Å². The molecule has 4 rings (SSSR count). The molecule has 0 spiro atoms. The number of halogens is 1. The largest absolute Gasteiger partial charge is 0.462 e. The number of nitrogens with zero attached hydrogens (tertiary/aromatic N) is 2. The first-order valence-corrected chi connectivity index (χ1v) is 10.9. The Labute approximate surface area is 175 Å². The lowest BCUT2D eigenvalue weighted by Crippen LogP contribution is -2.26. The summed E-state index contributed by atoms with van der Waals surface area (Å²) in [7, 11) is 0. The van der Waals surface area contributed by atoms with Gasteiger partial charge in [-0.05, 0) is 44.1 Å². The molecule has 1 saturated carbocycles. The zero-order valence-electron chi connectivity index (χ0n) is 18.1. The highest BCUT2D eigenvalue weighted by atomic mass is 19.1. The van der Waals surface area contributed by atoms with Crippen molar-refractivity contribution in [2.24, 2.45) is 11.8 Å². The van der Waals surface area contributed by atoms with Crippen molar-refractivity contribution in [2.75, 3.05) is 30.3 Å². The summed E-state index contributed by atoms with van der Waals surface area (Å²) in [4.78, 5) is 27.6. The lowest BCUT2D eigenvalue weighted by molar-refractivity contribution is 0.0524. The Morgan fingerprint density at radius 1 is 1.30 bits per heavy atom. The molecule has 0 bridgehead atoms. The van der Waals surface area contributed by atoms with Crippen molar-refractivity contribution in [1.82, 2.24) is 4.57 Å². The molecule has 0 unspecified atom stereocenters. The fraction of sp³-hybridized carbons (Fsp3) is 0.565. The fourth-order valence-corrected chi connectivity index (χ4v) is 4.90. The smallest absolute Gasteiger partial charge is 0.343 e. The van der Waals surface area contributed by atoms with Gasteiger partial charge in [-0.3, -0.25) is 4.79 Å². The van der Waals surface area contributed by atoms with Gasteiger partial charge in [0, 0.05) is 25.3 Å². The second-order valence-electron chi connectivity index (χ2n) is 8.71. The van der Waals surface area contributed by atoms with Crippen LogP contribution in [0.15, 0.2) is 11.0 Å². The molecular weight excluding hydrogens is 385 g/mol. The maximum absolute atomic E-state index is 15.6. The van der Waals surface area contributed by atoms with E-state index in [2.05, 4.69) is 18.7 Å². The van der Waals surface area contributed by atoms with Crippen molar-refractivity contribution >= 4 is 28.2 Å². The molecule has 1 aromatic carbocycles. The Hall–Kier alpha value is -2.57. The average molecular weight is 416 g/mol. The number of nitrogens with two attached hydrogens (primary N) is 1. The number of hydrogen-bond donors (Lipinski definition) is 1. The Morgan fingerprint density at radius 3 is 2.57 bits per heavy atom. The maximum Gasteiger partial charge on any atom is 0.343 e. The van der Waals surface area contributed by atoms with Crippen molar-refractivity contribution in [3.05, 3.63) is 33.4 Å². The molecule has 162 valence electrons. The van der Waals surface area contributed by atoms with E-state index in [9.17, 15) is 9.59 Å². The molecule has 0 amide bonds. The number of carbonyl (C=O) groups is 1. The molecular formula is C23H30FN3O3. The van der Waals surface area contributed by atoms with Crippen LogP contribution in [0.5, 0.6) is 0 Å². The van der Waals surface area contributed by atoms with Crippen LogP contribution in [0, 0.1) is 24.6 Å². The van der Waals surface area contributed by atoms with Crippen LogP contribution in [0.4, 0.5) is 15.8 Å². The SMILES string of the molecule is CCOC(=O)c1cn(C2CC2)c2c(C)c(N3C[C@H](CC)[C@@H](C)C3)c(F)c(N)c2c1=O. The van der Waals surface area contributed by atoms with Crippen LogP contribution < -0.4 is 16.1 Å². The fourth-order valence-electron chi connectivity index (χ4n) is 4.90. The Balaban J connectivity index is 1.99. The predicted molar refractivity (Wildman–Crippen MR) is 117 cm³/mol. The number of esters is 1. The highest BCUT2D eigenvalue weighted by molar-refractivity contribution is 6.01. The van der Waals surface area contributed by atoms with E-state index in [1.54, 1.807) is 13.1 Å². The minimum absolute atomic E-state index is 0.0876. The Kier molecular flexibility index (Phi) is 5.24. The molecule has 6 nitrogen and oxygen atoms in total. The minimum Gasteiger partial charge on any atom is -0.462 e. The quantitative estimate of drug-likeness (QED) is 0.589. The molecule has 2 aliphatic rings. The molecule has 7 heteroatoms. The number of nitrogen functional groups attached to an aromatic ring is 1. The van der Waals surface area contributed by atoms with E-state index in [0.717, 1.165) is 32.4 Å². The van der Waals surface area contributed by atoms with Gasteiger partial charge in [-0.25, -0.2) is 9.18 Å². The van der Waals surface area contributed by atoms with Gasteiger partial charge >= 0.3 is 5.97 Å². The van der Waals surface area contributed by atoms with Crippen molar-refractivity contribution in [1.29, 1.82) is 0 Å². The lowest BCUT2D eigenvalue weighted by Gasteiger charge is -2.25. The average Bonchev–Trinajstić information content (AvgIpc) is 3.48. The third-order valence-corrected chi connectivity index (χ3v) is 6.70. The number of aromatic nitrogens is 1. The summed E-state index contributed by atoms with van der Waals surface area (Å²) in [6.07, 6.45) is 4.52. The number of aryl methyl sites for hydroxylation is 1. The molecule has 2 heterocycles. The first-order valence-electron chi connectivity index (χ1n) is 10.9. The van der Waals surface area contributed by atoms with Gasteiger partial charge in [0.25, 0.3) is 0 Å². The molecule has 2 aromatic rings. The van der Waals surface area contributed by atoms with E-state index >= 15 is 4.39 Å². The topological polar surface area (TPSA) is 77.6 Å². The second-order valence-corrected chi connectivity index (χ2v) is 8.71. The summed E-state index contributed by atoms with van der Waals surface area (Å²) in [5.41, 5.74) is 7.23. The van der Waals surface area contributed by atoms with Gasteiger partial charge in [-0.1, -0.05) is 20.3 Å². The van der Waals surface area contributed by atoms with Gasteiger partial charge in [0.2, 0.25) is 5.43 Å². The first kappa shape index (κ1) is 20.7. The summed E-state index contributed by atoms with van der Waals surface area (Å²) in [5.74, 6) is -0.302. The van der Waals surface area contributed by atoms with E-state index in [1.807, 2.05) is 11.5 Å². The number of rotatable bonds is 5. The zero-order valence-corrected chi connectivity index (χ0v) is 18.1. The summed E-state index contributed by atoms with van der Waals surface area (Å²) in [5, 5.41) is 0.0884. The van der Waals surface area contributed by atoms with Crippen LogP contribution in [-0.4, -0.2) is 30.2 Å². The molecule has 1 aromatic heterocycles. The van der Waals surface area contributed by atoms with Gasteiger partial charge in [0.05, 0.1) is 28.9 Å². The minimum atomic E-state index is -0.695. The third-order valence-electron chi connectivity index (χ3n) is 6.70. The van der Waals surface area contributed by atoms with E-state index in [0.29, 0.717) is 28.6 Å². The number of fused-ring (bicyclic) bond motifs is 1. The number of pyridine rings is 1. The van der Waals surface area contributed by atoms with Crippen molar-refractivity contribution in [2.45, 2.75) is 53.0 Å². The van der Waals surface area contributed by atoms with Crippen molar-refractivity contribution in [3.8, 4) is 0 Å². The summed E-state index contributed by atoms with van der Waals surface area (Å²) in [6.45, 7) is 9.58. The molecule has 2 atom stereocenters. The number of benzene rings is 1. The van der Waals surface area contributed by atoms with E-state index in [1.165, 1.54) is 0 Å². The van der Waals surface area contributed by atoms with Gasteiger partial charge < -0.3 is 19.9 Å². The number of anilines is 2. The number of carbonyl (C=O) groups excluding carboxylic acids is 1. The Morgan fingerprint density at radius 2 is 2.00 bits per heavy atom. The van der Waals surface area contributed by atoms with Gasteiger partial charge in [-0.2, -0.15) is 0 Å². The highest BCUT2D eigenvalue weighted by Gasteiger charge is 2.35. The monoisotopic (exact) mass is 415 g/mol. The van der Waals surface area contributed by atoms with Crippen LogP contribution in [0.25, 0.3) is 10.9 Å². The number of hydrogen-bond acceptors (Lipinski definition) is 5. The zero-order chi connectivity index (χ0) is 21.7. The maximum atomic E-state index is 15.6. The predicted octanol–water partition coefficient (Wildman–Crippen LogP) is 4.03. The Bertz CT molecular complexity index is 1070.